The summed E-state index contributed by atoms with van der Waals surface area (Å²) in [4.78, 5) is 30.8. The van der Waals surface area contributed by atoms with Crippen LogP contribution in [-0.4, -0.2) is 86.4 Å². The van der Waals surface area contributed by atoms with Gasteiger partial charge in [-0.2, -0.15) is 19.5 Å². The summed E-state index contributed by atoms with van der Waals surface area (Å²) in [5.74, 6) is -1.61. The smallest absolute Gasteiger partial charge is 0.338 e. The summed E-state index contributed by atoms with van der Waals surface area (Å²) in [5, 5.41) is 13.4. The Balaban J connectivity index is 0.00000323. The van der Waals surface area contributed by atoms with Gasteiger partial charge in [-0.3, -0.25) is 4.90 Å². The number of fused-ring (bicyclic) bond motifs is 1. The zero-order valence-corrected chi connectivity index (χ0v) is 22.2. The molecule has 0 aliphatic carbocycles. The molecule has 12 nitrogen and oxygen atoms in total. The molecular formula is C25H28ClF2N9O3. The number of benzene rings is 1. The highest BCUT2D eigenvalue weighted by atomic mass is 35.5. The SMILES string of the molecule is Cl.Nc1nc(N2CCC[C@@H](CN3CCN(c4ccc(C(=O)O)c(F)c4F)CC3)C2)nc2nc(-c3ccco3)nn12. The first-order valence-corrected chi connectivity index (χ1v) is 12.7. The molecule has 1 aromatic carbocycles. The van der Waals surface area contributed by atoms with E-state index in [1.165, 1.54) is 10.6 Å². The number of aromatic carboxylic acids is 1. The fourth-order valence-electron chi connectivity index (χ4n) is 5.33. The van der Waals surface area contributed by atoms with Gasteiger partial charge in [-0.1, -0.05) is 0 Å². The maximum absolute atomic E-state index is 14.5. The topological polar surface area (TPSA) is 142 Å². The Hall–Kier alpha value is -4.04. The number of hydrogen-bond donors (Lipinski definition) is 2. The molecule has 0 saturated carbocycles. The molecule has 40 heavy (non-hydrogen) atoms. The number of halogens is 3. The Kier molecular flexibility index (Phi) is 7.72. The van der Waals surface area contributed by atoms with E-state index in [9.17, 15) is 13.6 Å². The van der Waals surface area contributed by atoms with Crippen molar-refractivity contribution >= 4 is 41.7 Å². The number of piperazine rings is 1. The van der Waals surface area contributed by atoms with Crippen LogP contribution in [0.5, 0.6) is 0 Å². The largest absolute Gasteiger partial charge is 0.478 e. The van der Waals surface area contributed by atoms with Crippen molar-refractivity contribution in [3.63, 3.8) is 0 Å². The number of nitrogen functional groups attached to an aromatic ring is 1. The van der Waals surface area contributed by atoms with Gasteiger partial charge in [0.05, 0.1) is 17.5 Å². The summed E-state index contributed by atoms with van der Waals surface area (Å²) in [6.45, 7) is 4.80. The van der Waals surface area contributed by atoms with Crippen molar-refractivity contribution in [2.45, 2.75) is 12.8 Å². The van der Waals surface area contributed by atoms with Crippen LogP contribution in [0.3, 0.4) is 0 Å². The zero-order valence-electron chi connectivity index (χ0n) is 21.4. The van der Waals surface area contributed by atoms with Gasteiger partial charge in [-0.15, -0.1) is 17.5 Å². The predicted octanol–water partition coefficient (Wildman–Crippen LogP) is 2.80. The van der Waals surface area contributed by atoms with E-state index in [2.05, 4.69) is 29.9 Å². The Labute approximate surface area is 233 Å². The molecule has 0 amide bonds. The molecule has 1 atom stereocenters. The minimum atomic E-state index is -1.49. The lowest BCUT2D eigenvalue weighted by Gasteiger charge is -2.40. The quantitative estimate of drug-likeness (QED) is 0.350. The minimum absolute atomic E-state index is 0. The number of hydrogen-bond acceptors (Lipinski definition) is 10. The van der Waals surface area contributed by atoms with Crippen molar-refractivity contribution in [3.05, 3.63) is 47.7 Å². The Morgan fingerprint density at radius 2 is 1.85 bits per heavy atom. The molecule has 3 aromatic heterocycles. The van der Waals surface area contributed by atoms with E-state index < -0.39 is 23.2 Å². The number of rotatable bonds is 6. The second kappa shape index (κ2) is 11.2. The molecule has 2 fully saturated rings. The van der Waals surface area contributed by atoms with Gasteiger partial charge >= 0.3 is 5.97 Å². The summed E-state index contributed by atoms with van der Waals surface area (Å²) in [6, 6.07) is 5.97. The lowest BCUT2D eigenvalue weighted by Crippen LogP contribution is -2.50. The number of nitrogens with two attached hydrogens (primary N) is 1. The van der Waals surface area contributed by atoms with Crippen LogP contribution >= 0.6 is 12.4 Å². The molecule has 2 saturated heterocycles. The van der Waals surface area contributed by atoms with Gasteiger partial charge in [0, 0.05) is 45.8 Å². The van der Waals surface area contributed by atoms with E-state index in [1.54, 1.807) is 23.3 Å². The predicted molar refractivity (Wildman–Crippen MR) is 145 cm³/mol. The van der Waals surface area contributed by atoms with Crippen molar-refractivity contribution in [2.24, 2.45) is 5.92 Å². The Bertz CT molecular complexity index is 1510. The van der Waals surface area contributed by atoms with E-state index in [-0.39, 0.29) is 24.0 Å². The number of carbonyl (C=O) groups is 1. The Morgan fingerprint density at radius 3 is 2.58 bits per heavy atom. The van der Waals surface area contributed by atoms with E-state index in [4.69, 9.17) is 15.3 Å². The maximum atomic E-state index is 14.5. The molecule has 3 N–H and O–H groups in total. The first-order chi connectivity index (χ1) is 18.9. The second-order valence-electron chi connectivity index (χ2n) is 9.81. The number of anilines is 3. The van der Waals surface area contributed by atoms with Gasteiger partial charge in [0.2, 0.25) is 17.7 Å². The van der Waals surface area contributed by atoms with Crippen LogP contribution in [0.2, 0.25) is 0 Å². The minimum Gasteiger partial charge on any atom is -0.478 e. The Morgan fingerprint density at radius 1 is 1.05 bits per heavy atom. The number of furan rings is 1. The second-order valence-corrected chi connectivity index (χ2v) is 9.81. The molecule has 2 aliphatic heterocycles. The van der Waals surface area contributed by atoms with Gasteiger partial charge in [-0.05, 0) is 43.0 Å². The average Bonchev–Trinajstić information content (AvgIpc) is 3.61. The molecule has 5 heterocycles. The summed E-state index contributed by atoms with van der Waals surface area (Å²) >= 11 is 0. The van der Waals surface area contributed by atoms with Gasteiger partial charge in [0.15, 0.2) is 17.4 Å². The summed E-state index contributed by atoms with van der Waals surface area (Å²) in [7, 11) is 0. The number of nitrogens with zero attached hydrogens (tertiary/aromatic N) is 8. The van der Waals surface area contributed by atoms with Crippen LogP contribution in [0.15, 0.2) is 34.9 Å². The van der Waals surface area contributed by atoms with Crippen LogP contribution in [0.25, 0.3) is 17.4 Å². The molecule has 0 spiro atoms. The molecule has 0 unspecified atom stereocenters. The molecule has 15 heteroatoms. The van der Waals surface area contributed by atoms with Crippen molar-refractivity contribution in [1.29, 1.82) is 0 Å². The first-order valence-electron chi connectivity index (χ1n) is 12.7. The van der Waals surface area contributed by atoms with Gasteiger partial charge < -0.3 is 25.1 Å². The third-order valence-corrected chi connectivity index (χ3v) is 7.29. The standard InChI is InChI=1S/C25H27F2N9O3.ClH/c26-19-16(22(37)38)5-6-17(20(19)27)34-10-8-33(9-11-34)13-15-3-1-7-35(14-15)24-30-23(28)36-25(31-24)29-21(32-36)18-4-2-12-39-18;/h2,4-6,12,15H,1,3,7-11,13-14H2,(H,37,38)(H2,28,29,30,31,32);1H/t15-;/m0./s1. The van der Waals surface area contributed by atoms with Gasteiger partial charge in [0.1, 0.15) is 0 Å². The van der Waals surface area contributed by atoms with Crippen LogP contribution in [0.1, 0.15) is 23.2 Å². The van der Waals surface area contributed by atoms with Crippen LogP contribution in [0, 0.1) is 17.6 Å². The molecule has 2 aliphatic rings. The average molecular weight is 576 g/mol. The number of piperidine rings is 1. The molecular weight excluding hydrogens is 548 g/mol. The van der Waals surface area contributed by atoms with E-state index in [1.807, 2.05) is 0 Å². The first kappa shape index (κ1) is 27.5. The summed E-state index contributed by atoms with van der Waals surface area (Å²) in [6.07, 6.45) is 3.58. The monoisotopic (exact) mass is 575 g/mol. The van der Waals surface area contributed by atoms with Crippen molar-refractivity contribution in [2.75, 3.05) is 61.3 Å². The molecule has 0 radical (unpaired) electrons. The van der Waals surface area contributed by atoms with E-state index >= 15 is 0 Å². The van der Waals surface area contributed by atoms with E-state index in [0.29, 0.717) is 55.4 Å². The summed E-state index contributed by atoms with van der Waals surface area (Å²) < 4.78 is 35.5. The lowest BCUT2D eigenvalue weighted by atomic mass is 9.97. The highest BCUT2D eigenvalue weighted by Crippen LogP contribution is 2.27. The lowest BCUT2D eigenvalue weighted by molar-refractivity contribution is 0.0690. The normalized spacial score (nSPS) is 18.2. The maximum Gasteiger partial charge on any atom is 0.338 e. The number of aromatic nitrogens is 5. The van der Waals surface area contributed by atoms with Crippen molar-refractivity contribution < 1.29 is 23.1 Å². The third-order valence-electron chi connectivity index (χ3n) is 7.29. The molecule has 4 aromatic rings. The fraction of sp³-hybridized carbons (Fsp3) is 0.400. The highest BCUT2D eigenvalue weighted by molar-refractivity contribution is 5.88. The number of carboxylic acid groups (broad SMARTS) is 1. The van der Waals surface area contributed by atoms with Crippen molar-refractivity contribution in [1.82, 2.24) is 29.5 Å². The third kappa shape index (κ3) is 5.23. The van der Waals surface area contributed by atoms with Crippen LogP contribution in [-0.2, 0) is 0 Å². The van der Waals surface area contributed by atoms with Gasteiger partial charge in [0.25, 0.3) is 5.78 Å². The van der Waals surface area contributed by atoms with Crippen molar-refractivity contribution in [3.8, 4) is 11.6 Å². The van der Waals surface area contributed by atoms with Crippen LogP contribution < -0.4 is 15.5 Å². The zero-order chi connectivity index (χ0) is 27.1. The molecule has 6 rings (SSSR count). The van der Waals surface area contributed by atoms with E-state index in [0.717, 1.165) is 38.5 Å². The van der Waals surface area contributed by atoms with Crippen LogP contribution in [0.4, 0.5) is 26.4 Å². The van der Waals surface area contributed by atoms with Gasteiger partial charge in [-0.25, -0.2) is 13.6 Å². The molecule has 212 valence electrons. The highest BCUT2D eigenvalue weighted by Gasteiger charge is 2.28. The number of carboxylic acids is 1. The molecule has 0 bridgehead atoms. The summed E-state index contributed by atoms with van der Waals surface area (Å²) in [5.41, 5.74) is 5.61. The fourth-order valence-corrected chi connectivity index (χ4v) is 5.33.